The Morgan fingerprint density at radius 2 is 1.86 bits per heavy atom. The average molecular weight is 507 g/mol. The lowest BCUT2D eigenvalue weighted by Crippen LogP contribution is -2.50. The number of carbonyl (C=O) groups excluding carboxylic acids is 2. The number of benzene rings is 1. The molecule has 1 aromatic carbocycles. The van der Waals surface area contributed by atoms with Gasteiger partial charge in [-0.25, -0.2) is 4.98 Å². The zero-order chi connectivity index (χ0) is 25.8. The van der Waals surface area contributed by atoms with E-state index in [-0.39, 0.29) is 29.9 Å². The number of likely N-dealkylation sites (N-methyl/N-ethyl adjacent to an activating group) is 1. The molecule has 2 aromatic rings. The second kappa shape index (κ2) is 11.5. The maximum absolute atomic E-state index is 13.1. The molecule has 2 amide bonds. The fourth-order valence-corrected chi connectivity index (χ4v) is 5.97. The summed E-state index contributed by atoms with van der Waals surface area (Å²) >= 11 is 0. The van der Waals surface area contributed by atoms with Gasteiger partial charge in [-0.2, -0.15) is 0 Å². The standard InChI is InChI=1S/C28H38N6O3/c1-31-22(8-11-26(35)33-17-15-32(16-18-33)25-5-3-4-13-29-25)19-30-28(36)27-24(31)12-14-34(27)20-21-6-9-23(37-2)10-7-21/h3-7,9-10,13,22,24,27H,8,11-12,14-20H2,1-2H3,(H,30,36)/t22-,24+,27-/m0/s1. The second-order valence-corrected chi connectivity index (χ2v) is 10.3. The topological polar surface area (TPSA) is 81.2 Å². The van der Waals surface area contributed by atoms with Gasteiger partial charge in [0.25, 0.3) is 0 Å². The molecule has 3 fully saturated rings. The van der Waals surface area contributed by atoms with Crippen molar-refractivity contribution in [3.05, 3.63) is 54.2 Å². The van der Waals surface area contributed by atoms with Crippen molar-refractivity contribution in [1.29, 1.82) is 0 Å². The molecule has 4 heterocycles. The predicted molar refractivity (Wildman–Crippen MR) is 142 cm³/mol. The van der Waals surface area contributed by atoms with Gasteiger partial charge in [0.2, 0.25) is 11.8 Å². The van der Waals surface area contributed by atoms with Crippen LogP contribution in [0.1, 0.15) is 24.8 Å². The Hall–Kier alpha value is -3.17. The molecule has 37 heavy (non-hydrogen) atoms. The molecule has 5 rings (SSSR count). The van der Waals surface area contributed by atoms with Gasteiger partial charge in [0.05, 0.1) is 7.11 Å². The van der Waals surface area contributed by atoms with Crippen LogP contribution < -0.4 is 15.0 Å². The molecule has 0 aliphatic carbocycles. The first-order chi connectivity index (χ1) is 18.0. The number of pyridine rings is 1. The van der Waals surface area contributed by atoms with E-state index in [1.807, 2.05) is 41.4 Å². The number of piperazine rings is 1. The number of hydrogen-bond acceptors (Lipinski definition) is 7. The van der Waals surface area contributed by atoms with Crippen LogP contribution in [0.2, 0.25) is 0 Å². The highest BCUT2D eigenvalue weighted by molar-refractivity contribution is 5.83. The molecular weight excluding hydrogens is 468 g/mol. The van der Waals surface area contributed by atoms with Crippen molar-refractivity contribution >= 4 is 17.6 Å². The van der Waals surface area contributed by atoms with Crippen LogP contribution in [0.3, 0.4) is 0 Å². The molecule has 0 saturated carbocycles. The molecule has 3 atom stereocenters. The largest absolute Gasteiger partial charge is 0.497 e. The van der Waals surface area contributed by atoms with Crippen LogP contribution in [0.15, 0.2) is 48.7 Å². The van der Waals surface area contributed by atoms with Crippen molar-refractivity contribution in [1.82, 2.24) is 25.0 Å². The lowest BCUT2D eigenvalue weighted by Gasteiger charge is -2.36. The van der Waals surface area contributed by atoms with Crippen LogP contribution in [0.4, 0.5) is 5.82 Å². The number of aromatic nitrogens is 1. The minimum Gasteiger partial charge on any atom is -0.497 e. The van der Waals surface area contributed by atoms with Crippen LogP contribution in [-0.2, 0) is 16.1 Å². The average Bonchev–Trinajstić information content (AvgIpc) is 3.32. The van der Waals surface area contributed by atoms with Crippen molar-refractivity contribution in [2.45, 2.75) is 43.9 Å². The highest BCUT2D eigenvalue weighted by Gasteiger charge is 2.45. The Morgan fingerprint density at radius 3 is 2.57 bits per heavy atom. The maximum Gasteiger partial charge on any atom is 0.239 e. The van der Waals surface area contributed by atoms with Crippen molar-refractivity contribution in [3.8, 4) is 5.75 Å². The molecule has 198 valence electrons. The van der Waals surface area contributed by atoms with Gasteiger partial charge in [-0.1, -0.05) is 18.2 Å². The molecule has 3 aliphatic heterocycles. The van der Waals surface area contributed by atoms with Crippen LogP contribution in [0.25, 0.3) is 0 Å². The summed E-state index contributed by atoms with van der Waals surface area (Å²) in [5.41, 5.74) is 1.17. The van der Waals surface area contributed by atoms with Crippen molar-refractivity contribution in [3.63, 3.8) is 0 Å². The number of nitrogens with one attached hydrogen (secondary N) is 1. The molecule has 0 radical (unpaired) electrons. The van der Waals surface area contributed by atoms with E-state index in [1.54, 1.807) is 7.11 Å². The van der Waals surface area contributed by atoms with E-state index in [4.69, 9.17) is 4.74 Å². The molecular formula is C28H38N6O3. The fourth-order valence-electron chi connectivity index (χ4n) is 5.97. The smallest absolute Gasteiger partial charge is 0.239 e. The van der Waals surface area contributed by atoms with E-state index in [2.05, 4.69) is 44.2 Å². The maximum atomic E-state index is 13.1. The van der Waals surface area contributed by atoms with Crippen LogP contribution >= 0.6 is 0 Å². The van der Waals surface area contributed by atoms with Gasteiger partial charge in [-0.3, -0.25) is 19.4 Å². The van der Waals surface area contributed by atoms with Crippen molar-refractivity contribution in [2.24, 2.45) is 0 Å². The Balaban J connectivity index is 1.14. The Kier molecular flexibility index (Phi) is 7.90. The summed E-state index contributed by atoms with van der Waals surface area (Å²) in [6.45, 7) is 5.24. The first-order valence-corrected chi connectivity index (χ1v) is 13.3. The first kappa shape index (κ1) is 25.5. The molecule has 9 nitrogen and oxygen atoms in total. The van der Waals surface area contributed by atoms with Crippen LogP contribution in [0.5, 0.6) is 5.75 Å². The van der Waals surface area contributed by atoms with Crippen LogP contribution in [-0.4, -0.2) is 103 Å². The SMILES string of the molecule is COc1ccc(CN2CC[C@@H]3[C@H]2C(=O)NC[C@H](CCC(=O)N2CCN(c4ccccn4)CC2)N3C)cc1. The zero-order valence-corrected chi connectivity index (χ0v) is 21.9. The summed E-state index contributed by atoms with van der Waals surface area (Å²) in [6, 6.07) is 14.1. The van der Waals surface area contributed by atoms with Gasteiger partial charge in [0.1, 0.15) is 17.6 Å². The summed E-state index contributed by atoms with van der Waals surface area (Å²) in [6.07, 6.45) is 4.01. The normalized spacial score (nSPS) is 24.9. The Bertz CT molecular complexity index is 1060. The van der Waals surface area contributed by atoms with Gasteiger partial charge in [0, 0.05) is 70.5 Å². The molecule has 9 heteroatoms. The van der Waals surface area contributed by atoms with Gasteiger partial charge >= 0.3 is 0 Å². The number of ether oxygens (including phenoxy) is 1. The summed E-state index contributed by atoms with van der Waals surface area (Å²) in [5, 5.41) is 3.18. The number of hydrogen-bond donors (Lipinski definition) is 1. The molecule has 3 saturated heterocycles. The van der Waals surface area contributed by atoms with Gasteiger partial charge < -0.3 is 19.9 Å². The van der Waals surface area contributed by atoms with E-state index in [1.165, 1.54) is 5.56 Å². The fraction of sp³-hybridized carbons (Fsp3) is 0.536. The van der Waals surface area contributed by atoms with Crippen molar-refractivity contribution < 1.29 is 14.3 Å². The molecule has 3 aliphatic rings. The minimum atomic E-state index is -0.174. The first-order valence-electron chi connectivity index (χ1n) is 13.3. The van der Waals surface area contributed by atoms with Gasteiger partial charge in [-0.15, -0.1) is 0 Å². The van der Waals surface area contributed by atoms with Crippen molar-refractivity contribution in [2.75, 3.05) is 58.3 Å². The minimum absolute atomic E-state index is 0.0994. The number of methoxy groups -OCH3 is 1. The lowest BCUT2D eigenvalue weighted by molar-refractivity contribution is -0.132. The van der Waals surface area contributed by atoms with E-state index in [0.717, 1.165) is 63.7 Å². The summed E-state index contributed by atoms with van der Waals surface area (Å²) < 4.78 is 5.27. The zero-order valence-electron chi connectivity index (χ0n) is 21.9. The molecule has 1 aromatic heterocycles. The number of carbonyl (C=O) groups is 2. The summed E-state index contributed by atoms with van der Waals surface area (Å²) in [4.78, 5) is 39.4. The number of nitrogens with zero attached hydrogens (tertiary/aromatic N) is 5. The number of anilines is 1. The van der Waals surface area contributed by atoms with Crippen LogP contribution in [0, 0.1) is 0 Å². The van der Waals surface area contributed by atoms with Gasteiger partial charge in [-0.05, 0) is 49.7 Å². The molecule has 0 unspecified atom stereocenters. The van der Waals surface area contributed by atoms with E-state index < -0.39 is 0 Å². The molecule has 0 bridgehead atoms. The van der Waals surface area contributed by atoms with Gasteiger partial charge in [0.15, 0.2) is 0 Å². The Labute approximate surface area is 219 Å². The molecule has 0 spiro atoms. The number of rotatable bonds is 7. The number of fused-ring (bicyclic) bond motifs is 1. The highest BCUT2D eigenvalue weighted by atomic mass is 16.5. The third kappa shape index (κ3) is 5.72. The third-order valence-electron chi connectivity index (χ3n) is 8.19. The lowest BCUT2D eigenvalue weighted by atomic mass is 10.0. The Morgan fingerprint density at radius 1 is 1.08 bits per heavy atom. The highest BCUT2D eigenvalue weighted by Crippen LogP contribution is 2.29. The molecule has 1 N–H and O–H groups in total. The predicted octanol–water partition coefficient (Wildman–Crippen LogP) is 1.59. The monoisotopic (exact) mass is 506 g/mol. The number of amides is 2. The van der Waals surface area contributed by atoms with E-state index >= 15 is 0 Å². The quantitative estimate of drug-likeness (QED) is 0.611. The summed E-state index contributed by atoms with van der Waals surface area (Å²) in [5.74, 6) is 2.11. The second-order valence-electron chi connectivity index (χ2n) is 10.3. The van der Waals surface area contributed by atoms with E-state index in [0.29, 0.717) is 13.0 Å². The number of likely N-dealkylation sites (tertiary alicyclic amines) is 1. The van der Waals surface area contributed by atoms with E-state index in [9.17, 15) is 9.59 Å². The summed E-state index contributed by atoms with van der Waals surface area (Å²) in [7, 11) is 3.79. The third-order valence-corrected chi connectivity index (χ3v) is 8.19.